The number of ether oxygens (including phenoxy) is 1. The van der Waals surface area contributed by atoms with E-state index in [1.54, 1.807) is 6.07 Å². The summed E-state index contributed by atoms with van der Waals surface area (Å²) in [7, 11) is 2.04. The van der Waals surface area contributed by atoms with Crippen LogP contribution in [0.15, 0.2) is 30.6 Å². The van der Waals surface area contributed by atoms with Crippen molar-refractivity contribution in [3.8, 4) is 5.75 Å². The van der Waals surface area contributed by atoms with E-state index in [0.717, 1.165) is 55.7 Å². The summed E-state index contributed by atoms with van der Waals surface area (Å²) in [5.74, 6) is 0.240. The van der Waals surface area contributed by atoms with E-state index in [9.17, 15) is 13.2 Å². The van der Waals surface area contributed by atoms with Crippen LogP contribution in [-0.2, 0) is 0 Å². The number of anilines is 4. The van der Waals surface area contributed by atoms with Gasteiger partial charge < -0.3 is 20.3 Å². The summed E-state index contributed by atoms with van der Waals surface area (Å²) in [6.07, 6.45) is 2.40. The van der Waals surface area contributed by atoms with Crippen LogP contribution in [0.5, 0.6) is 5.75 Å². The lowest BCUT2D eigenvalue weighted by Crippen LogP contribution is -2.29. The Bertz CT molecular complexity index is 1240. The molecule has 192 valence electrons. The molecule has 1 aliphatic carbocycles. The molecule has 0 unspecified atom stereocenters. The second kappa shape index (κ2) is 9.78. The molecule has 0 radical (unpaired) electrons. The fourth-order valence-electron chi connectivity index (χ4n) is 4.34. The Hall–Kier alpha value is -3.05. The number of rotatable bonds is 7. The number of nitrogens with zero attached hydrogens (tertiary/aromatic N) is 5. The first-order chi connectivity index (χ1) is 17.1. The van der Waals surface area contributed by atoms with Crippen molar-refractivity contribution in [1.29, 1.82) is 0 Å². The maximum atomic E-state index is 13.2. The number of benzene rings is 1. The lowest BCUT2D eigenvalue weighted by molar-refractivity contribution is -0.274. The van der Waals surface area contributed by atoms with Gasteiger partial charge in [-0.3, -0.25) is 4.68 Å². The monoisotopic (exact) mass is 521 g/mol. The van der Waals surface area contributed by atoms with Crippen LogP contribution in [0, 0.1) is 6.92 Å². The minimum Gasteiger partial charge on any atom is -0.404 e. The third kappa shape index (κ3) is 5.84. The molecule has 2 aliphatic rings. The third-order valence-electron chi connectivity index (χ3n) is 6.50. The van der Waals surface area contributed by atoms with Crippen LogP contribution in [0.3, 0.4) is 0 Å². The van der Waals surface area contributed by atoms with E-state index in [1.807, 2.05) is 30.9 Å². The van der Waals surface area contributed by atoms with E-state index in [4.69, 9.17) is 11.6 Å². The fourth-order valence-corrected chi connectivity index (χ4v) is 4.48. The minimum absolute atomic E-state index is 0.0770. The molecule has 36 heavy (non-hydrogen) atoms. The highest BCUT2D eigenvalue weighted by atomic mass is 35.5. The van der Waals surface area contributed by atoms with Gasteiger partial charge in [-0.2, -0.15) is 10.1 Å². The van der Waals surface area contributed by atoms with E-state index >= 15 is 0 Å². The van der Waals surface area contributed by atoms with Crippen molar-refractivity contribution in [2.75, 3.05) is 30.8 Å². The van der Waals surface area contributed by atoms with Gasteiger partial charge in [0.05, 0.1) is 29.3 Å². The summed E-state index contributed by atoms with van der Waals surface area (Å²) in [6.45, 7) is 3.67. The number of aromatic nitrogens is 4. The number of aryl methyl sites for hydroxylation is 1. The first-order valence-corrected chi connectivity index (χ1v) is 12.2. The van der Waals surface area contributed by atoms with Gasteiger partial charge in [0.15, 0.2) is 11.6 Å². The summed E-state index contributed by atoms with van der Waals surface area (Å²) in [4.78, 5) is 10.7. The Morgan fingerprint density at radius 2 is 1.83 bits per heavy atom. The highest BCUT2D eigenvalue weighted by molar-refractivity contribution is 6.32. The van der Waals surface area contributed by atoms with Crippen molar-refractivity contribution in [3.63, 3.8) is 0 Å². The van der Waals surface area contributed by atoms with Crippen molar-refractivity contribution in [2.45, 2.75) is 50.9 Å². The average Bonchev–Trinajstić information content (AvgIpc) is 3.60. The molecule has 0 spiro atoms. The van der Waals surface area contributed by atoms with Crippen molar-refractivity contribution < 1.29 is 17.9 Å². The van der Waals surface area contributed by atoms with Gasteiger partial charge >= 0.3 is 6.36 Å². The molecule has 1 aliphatic heterocycles. The molecule has 3 heterocycles. The van der Waals surface area contributed by atoms with Crippen LogP contribution in [0.1, 0.15) is 48.9 Å². The zero-order valence-corrected chi connectivity index (χ0v) is 20.7. The zero-order chi connectivity index (χ0) is 25.4. The molecule has 1 saturated carbocycles. The van der Waals surface area contributed by atoms with Crippen LogP contribution >= 0.6 is 11.6 Å². The Kier molecular flexibility index (Phi) is 6.69. The van der Waals surface area contributed by atoms with Crippen molar-refractivity contribution in [1.82, 2.24) is 24.6 Å². The van der Waals surface area contributed by atoms with E-state index in [2.05, 4.69) is 35.3 Å². The Morgan fingerprint density at radius 3 is 2.53 bits per heavy atom. The molecule has 0 atom stereocenters. The Morgan fingerprint density at radius 1 is 1.08 bits per heavy atom. The summed E-state index contributed by atoms with van der Waals surface area (Å²) in [5, 5.41) is 10.8. The smallest absolute Gasteiger partial charge is 0.404 e. The first-order valence-electron chi connectivity index (χ1n) is 11.8. The van der Waals surface area contributed by atoms with Gasteiger partial charge in [-0.05, 0) is 76.4 Å². The van der Waals surface area contributed by atoms with E-state index in [-0.39, 0.29) is 28.3 Å². The normalized spacial score (nSPS) is 17.3. The van der Waals surface area contributed by atoms with Crippen LogP contribution in [0.2, 0.25) is 5.02 Å². The van der Waals surface area contributed by atoms with Gasteiger partial charge in [0.25, 0.3) is 0 Å². The molecule has 8 nitrogen and oxygen atoms in total. The molecule has 0 bridgehead atoms. The van der Waals surface area contributed by atoms with Gasteiger partial charge in [-0.25, -0.2) is 4.98 Å². The van der Waals surface area contributed by atoms with E-state index < -0.39 is 6.36 Å². The van der Waals surface area contributed by atoms with Crippen LogP contribution in [0.25, 0.3) is 0 Å². The Balaban J connectivity index is 1.38. The van der Waals surface area contributed by atoms with Crippen LogP contribution in [-0.4, -0.2) is 51.1 Å². The molecule has 1 saturated heterocycles. The minimum atomic E-state index is -4.84. The molecule has 1 aromatic carbocycles. The number of nitrogens with one attached hydrogen (secondary N) is 2. The molecule has 2 N–H and O–H groups in total. The van der Waals surface area contributed by atoms with Gasteiger partial charge in [-0.15, -0.1) is 13.2 Å². The standard InChI is InChI=1S/C24H27ClF3N7O/c1-14-20(13-35(33-14)17-4-5-17)30-22-18(25)12-29-23(32-22)31-19-6-3-16(11-21(19)36-24(26,27)28)15-7-9-34(2)10-8-15/h3,6,11-13,15,17H,4-5,7-10H2,1-2H3,(H2,29,30,31,32). The van der Waals surface area contributed by atoms with Crippen LogP contribution in [0.4, 0.5) is 36.3 Å². The molecule has 3 aromatic rings. The predicted molar refractivity (Wildman–Crippen MR) is 131 cm³/mol. The fraction of sp³-hybridized carbons (Fsp3) is 0.458. The SMILES string of the molecule is Cc1nn(C2CC2)cc1Nc1nc(Nc2ccc(C3CCN(C)CC3)cc2OC(F)(F)F)ncc1Cl. The zero-order valence-electron chi connectivity index (χ0n) is 19.9. The second-order valence-corrected chi connectivity index (χ2v) is 9.77. The van der Waals surface area contributed by atoms with Gasteiger partial charge in [0.2, 0.25) is 5.95 Å². The van der Waals surface area contributed by atoms with Gasteiger partial charge in [0, 0.05) is 6.20 Å². The lowest BCUT2D eigenvalue weighted by atomic mass is 9.89. The quantitative estimate of drug-likeness (QED) is 0.385. The molecular formula is C24H27ClF3N7O. The first kappa shape index (κ1) is 24.6. The highest BCUT2D eigenvalue weighted by Gasteiger charge is 2.33. The summed E-state index contributed by atoms with van der Waals surface area (Å²) >= 11 is 6.30. The number of piperidine rings is 1. The number of halogens is 4. The largest absolute Gasteiger partial charge is 0.573 e. The number of likely N-dealkylation sites (tertiary alicyclic amines) is 1. The van der Waals surface area contributed by atoms with Crippen molar-refractivity contribution in [2.24, 2.45) is 0 Å². The lowest BCUT2D eigenvalue weighted by Gasteiger charge is -2.29. The maximum Gasteiger partial charge on any atom is 0.573 e. The topological polar surface area (TPSA) is 80.1 Å². The molecule has 0 amide bonds. The molecule has 2 fully saturated rings. The van der Waals surface area contributed by atoms with Crippen LogP contribution < -0.4 is 15.4 Å². The van der Waals surface area contributed by atoms with E-state index in [1.165, 1.54) is 12.3 Å². The molecular weight excluding hydrogens is 495 g/mol. The summed E-state index contributed by atoms with van der Waals surface area (Å²) < 4.78 is 46.0. The molecule has 12 heteroatoms. The van der Waals surface area contributed by atoms with Crippen molar-refractivity contribution in [3.05, 3.63) is 46.9 Å². The summed E-state index contributed by atoms with van der Waals surface area (Å²) in [5.41, 5.74) is 2.46. The Labute approximate surface area is 211 Å². The second-order valence-electron chi connectivity index (χ2n) is 9.36. The number of alkyl halides is 3. The molecule has 2 aromatic heterocycles. The summed E-state index contributed by atoms with van der Waals surface area (Å²) in [6, 6.07) is 5.27. The average molecular weight is 522 g/mol. The van der Waals surface area contributed by atoms with Gasteiger partial charge in [0.1, 0.15) is 5.02 Å². The third-order valence-corrected chi connectivity index (χ3v) is 6.78. The highest BCUT2D eigenvalue weighted by Crippen LogP contribution is 2.38. The van der Waals surface area contributed by atoms with E-state index in [0.29, 0.717) is 11.9 Å². The number of hydrogen-bond acceptors (Lipinski definition) is 7. The van der Waals surface area contributed by atoms with Gasteiger partial charge in [-0.1, -0.05) is 17.7 Å². The number of hydrogen-bond donors (Lipinski definition) is 2. The van der Waals surface area contributed by atoms with Crippen molar-refractivity contribution >= 4 is 34.7 Å². The predicted octanol–water partition coefficient (Wildman–Crippen LogP) is 6.16. The molecule has 5 rings (SSSR count). The maximum absolute atomic E-state index is 13.2.